The molecule has 17 heavy (non-hydrogen) atoms. The van der Waals surface area contributed by atoms with Crippen LogP contribution in [0.2, 0.25) is 0 Å². The number of nitrogens with one attached hydrogen (secondary N) is 1. The van der Waals surface area contributed by atoms with Gasteiger partial charge >= 0.3 is 0 Å². The van der Waals surface area contributed by atoms with Crippen molar-refractivity contribution >= 4 is 11.8 Å². The van der Waals surface area contributed by atoms with Crippen LogP contribution in [0.1, 0.15) is 5.56 Å². The van der Waals surface area contributed by atoms with Crippen molar-refractivity contribution in [1.29, 1.82) is 0 Å². The number of rotatable bonds is 6. The van der Waals surface area contributed by atoms with E-state index in [4.69, 9.17) is 10.5 Å². The van der Waals surface area contributed by atoms with Crippen LogP contribution >= 0.6 is 0 Å². The van der Waals surface area contributed by atoms with E-state index in [1.165, 1.54) is 6.08 Å². The van der Waals surface area contributed by atoms with E-state index in [9.17, 15) is 9.59 Å². The molecule has 0 radical (unpaired) electrons. The third-order valence-electron chi connectivity index (χ3n) is 1.93. The lowest BCUT2D eigenvalue weighted by molar-refractivity contribution is -0.120. The van der Waals surface area contributed by atoms with Crippen LogP contribution in [-0.2, 0) is 16.1 Å². The number of primary amides is 1. The Morgan fingerprint density at radius 1 is 1.47 bits per heavy atom. The SMILES string of the molecule is C=CC(=O)NCc1cccc(OCC(N)=O)c1. The maximum absolute atomic E-state index is 11.0. The molecule has 2 amide bonds. The van der Waals surface area contributed by atoms with Gasteiger partial charge in [0.05, 0.1) is 0 Å². The smallest absolute Gasteiger partial charge is 0.255 e. The average molecular weight is 234 g/mol. The van der Waals surface area contributed by atoms with Crippen molar-refractivity contribution < 1.29 is 14.3 Å². The van der Waals surface area contributed by atoms with Gasteiger partial charge in [-0.15, -0.1) is 0 Å². The third-order valence-corrected chi connectivity index (χ3v) is 1.93. The van der Waals surface area contributed by atoms with Gasteiger partial charge in [-0.3, -0.25) is 9.59 Å². The maximum Gasteiger partial charge on any atom is 0.255 e. The Bertz CT molecular complexity index is 430. The van der Waals surface area contributed by atoms with Gasteiger partial charge in [-0.05, 0) is 23.8 Å². The first-order valence-corrected chi connectivity index (χ1v) is 5.02. The summed E-state index contributed by atoms with van der Waals surface area (Å²) in [6.45, 7) is 3.56. The molecule has 5 heteroatoms. The molecule has 3 N–H and O–H groups in total. The number of amides is 2. The standard InChI is InChI=1S/C12H14N2O3/c1-2-12(16)14-7-9-4-3-5-10(6-9)17-8-11(13)15/h2-6H,1,7-8H2,(H2,13,15)(H,14,16). The zero-order chi connectivity index (χ0) is 12.7. The highest BCUT2D eigenvalue weighted by Gasteiger charge is 2.00. The number of nitrogens with two attached hydrogens (primary N) is 1. The lowest BCUT2D eigenvalue weighted by atomic mass is 10.2. The Balaban J connectivity index is 2.56. The predicted octanol–water partition coefficient (Wildman–Crippen LogP) is 0.353. The van der Waals surface area contributed by atoms with E-state index < -0.39 is 5.91 Å². The van der Waals surface area contributed by atoms with Crippen molar-refractivity contribution in [3.05, 3.63) is 42.5 Å². The van der Waals surface area contributed by atoms with E-state index in [2.05, 4.69) is 11.9 Å². The second-order valence-electron chi connectivity index (χ2n) is 3.32. The Kier molecular flexibility index (Phi) is 4.75. The monoisotopic (exact) mass is 234 g/mol. The van der Waals surface area contributed by atoms with Crippen LogP contribution in [0.25, 0.3) is 0 Å². The molecule has 0 aliphatic rings. The van der Waals surface area contributed by atoms with Crippen LogP contribution in [0.5, 0.6) is 5.75 Å². The number of hydrogen-bond donors (Lipinski definition) is 2. The number of hydrogen-bond acceptors (Lipinski definition) is 3. The van der Waals surface area contributed by atoms with Crippen molar-refractivity contribution in [3.63, 3.8) is 0 Å². The highest BCUT2D eigenvalue weighted by atomic mass is 16.5. The summed E-state index contributed by atoms with van der Waals surface area (Å²) in [5.74, 6) is -0.238. The van der Waals surface area contributed by atoms with Crippen molar-refractivity contribution in [2.75, 3.05) is 6.61 Å². The maximum atomic E-state index is 11.0. The van der Waals surface area contributed by atoms with E-state index in [0.717, 1.165) is 5.56 Å². The molecule has 0 saturated carbocycles. The fraction of sp³-hybridized carbons (Fsp3) is 0.167. The molecule has 0 unspecified atom stereocenters. The second kappa shape index (κ2) is 6.32. The van der Waals surface area contributed by atoms with Crippen LogP contribution < -0.4 is 15.8 Å². The molecule has 0 heterocycles. The van der Waals surface area contributed by atoms with Crippen molar-refractivity contribution in [1.82, 2.24) is 5.32 Å². The summed E-state index contributed by atoms with van der Waals surface area (Å²) in [5, 5.41) is 2.64. The molecule has 0 atom stereocenters. The van der Waals surface area contributed by atoms with Crippen LogP contribution in [0.15, 0.2) is 36.9 Å². The number of ether oxygens (including phenoxy) is 1. The molecule has 0 aromatic heterocycles. The average Bonchev–Trinajstić information content (AvgIpc) is 2.34. The minimum Gasteiger partial charge on any atom is -0.484 e. The van der Waals surface area contributed by atoms with Gasteiger partial charge in [0.15, 0.2) is 6.61 Å². The first kappa shape index (κ1) is 12.8. The summed E-state index contributed by atoms with van der Waals surface area (Å²) in [6, 6.07) is 7.04. The van der Waals surface area contributed by atoms with Crippen molar-refractivity contribution in [2.45, 2.75) is 6.54 Å². The minimum atomic E-state index is -0.532. The summed E-state index contributed by atoms with van der Waals surface area (Å²) < 4.78 is 5.13. The molecule has 0 aliphatic carbocycles. The molecule has 0 aliphatic heterocycles. The van der Waals surface area contributed by atoms with Crippen molar-refractivity contribution in [3.8, 4) is 5.75 Å². The van der Waals surface area contributed by atoms with E-state index in [0.29, 0.717) is 12.3 Å². The van der Waals surface area contributed by atoms with Gasteiger partial charge < -0.3 is 15.8 Å². The van der Waals surface area contributed by atoms with E-state index >= 15 is 0 Å². The van der Waals surface area contributed by atoms with E-state index in [-0.39, 0.29) is 12.5 Å². The molecule has 0 fully saturated rings. The lowest BCUT2D eigenvalue weighted by Crippen LogP contribution is -2.21. The van der Waals surface area contributed by atoms with E-state index in [1.54, 1.807) is 18.2 Å². The first-order chi connectivity index (χ1) is 8.11. The summed E-state index contributed by atoms with van der Waals surface area (Å²) in [4.78, 5) is 21.5. The molecule has 1 aromatic carbocycles. The van der Waals surface area contributed by atoms with Gasteiger partial charge in [0.25, 0.3) is 5.91 Å². The first-order valence-electron chi connectivity index (χ1n) is 5.02. The summed E-state index contributed by atoms with van der Waals surface area (Å²) in [5.41, 5.74) is 5.83. The lowest BCUT2D eigenvalue weighted by Gasteiger charge is -2.06. The normalized spacial score (nSPS) is 9.41. The van der Waals surface area contributed by atoms with Crippen molar-refractivity contribution in [2.24, 2.45) is 5.73 Å². The van der Waals surface area contributed by atoms with E-state index in [1.807, 2.05) is 6.07 Å². The van der Waals surface area contributed by atoms with Gasteiger partial charge in [0.1, 0.15) is 5.75 Å². The summed E-state index contributed by atoms with van der Waals surface area (Å²) in [6.07, 6.45) is 1.20. The number of carbonyl (C=O) groups is 2. The fourth-order valence-corrected chi connectivity index (χ4v) is 1.16. The Morgan fingerprint density at radius 3 is 2.88 bits per heavy atom. The molecule has 0 spiro atoms. The predicted molar refractivity (Wildman–Crippen MR) is 63.2 cm³/mol. The summed E-state index contributed by atoms with van der Waals surface area (Å²) >= 11 is 0. The largest absolute Gasteiger partial charge is 0.484 e. The van der Waals surface area contributed by atoms with Crippen LogP contribution in [0.3, 0.4) is 0 Å². The highest BCUT2D eigenvalue weighted by molar-refractivity contribution is 5.86. The molecule has 0 saturated heterocycles. The molecular weight excluding hydrogens is 220 g/mol. The quantitative estimate of drug-likeness (QED) is 0.697. The molecule has 1 rings (SSSR count). The Hall–Kier alpha value is -2.30. The van der Waals surface area contributed by atoms with Gasteiger partial charge in [0.2, 0.25) is 5.91 Å². The number of benzene rings is 1. The van der Waals surface area contributed by atoms with Gasteiger partial charge in [-0.1, -0.05) is 18.7 Å². The van der Waals surface area contributed by atoms with Crippen LogP contribution in [0.4, 0.5) is 0 Å². The molecule has 1 aromatic rings. The summed E-state index contributed by atoms with van der Waals surface area (Å²) in [7, 11) is 0. The Morgan fingerprint density at radius 2 is 2.24 bits per heavy atom. The van der Waals surface area contributed by atoms with Crippen LogP contribution in [-0.4, -0.2) is 18.4 Å². The minimum absolute atomic E-state index is 0.164. The zero-order valence-electron chi connectivity index (χ0n) is 9.31. The molecule has 90 valence electrons. The molecule has 0 bridgehead atoms. The number of carbonyl (C=O) groups excluding carboxylic acids is 2. The second-order valence-corrected chi connectivity index (χ2v) is 3.32. The zero-order valence-corrected chi connectivity index (χ0v) is 9.31. The molecular formula is C12H14N2O3. The Labute approximate surface area is 99.3 Å². The van der Waals surface area contributed by atoms with Gasteiger partial charge in [-0.25, -0.2) is 0 Å². The third kappa shape index (κ3) is 4.83. The van der Waals surface area contributed by atoms with Crippen LogP contribution in [0, 0.1) is 0 Å². The highest BCUT2D eigenvalue weighted by Crippen LogP contribution is 2.12. The van der Waals surface area contributed by atoms with Gasteiger partial charge in [-0.2, -0.15) is 0 Å². The topological polar surface area (TPSA) is 81.4 Å². The van der Waals surface area contributed by atoms with Gasteiger partial charge in [0, 0.05) is 6.54 Å². The fourth-order valence-electron chi connectivity index (χ4n) is 1.16. The molecule has 5 nitrogen and oxygen atoms in total.